The number of nitrogens with zero attached hydrogens (tertiary/aromatic N) is 4. The number of benzene rings is 5. The first kappa shape index (κ1) is 83.9. The van der Waals surface area contributed by atoms with Crippen molar-refractivity contribution in [1.82, 2.24) is 19.9 Å². The molecule has 5 aromatic carbocycles. The maximum atomic E-state index is 6.93. The van der Waals surface area contributed by atoms with Crippen LogP contribution in [0.1, 0.15) is 177 Å². The Balaban J connectivity index is 0.000000748. The van der Waals surface area contributed by atoms with Crippen molar-refractivity contribution in [3.8, 4) is 68.5 Å². The van der Waals surface area contributed by atoms with Crippen molar-refractivity contribution in [3.05, 3.63) is 157 Å². The van der Waals surface area contributed by atoms with E-state index in [0.717, 1.165) is 45.0 Å². The third-order valence-electron chi connectivity index (χ3n) is 12.7. The summed E-state index contributed by atoms with van der Waals surface area (Å²) >= 11 is 0. The molecular weight excluding hydrogens is 1570 g/mol. The second-order valence-corrected chi connectivity index (χ2v) is 43.4. The maximum absolute atomic E-state index is 6.93. The summed E-state index contributed by atoms with van der Waals surface area (Å²) in [5.74, 6) is 2.17. The number of rotatable bonds is 12. The predicted molar refractivity (Wildman–Crippen MR) is 370 cm³/mol. The number of aromatic nitrogens is 4. The molecule has 0 fully saturated rings. The van der Waals surface area contributed by atoms with Crippen LogP contribution in [-0.2, 0) is 39.0 Å². The van der Waals surface area contributed by atoms with Gasteiger partial charge in [0.1, 0.15) is 55.4 Å². The van der Waals surface area contributed by atoms with E-state index in [1.807, 2.05) is 72.8 Å². The van der Waals surface area contributed by atoms with Crippen LogP contribution >= 0.6 is 32.6 Å². The van der Waals surface area contributed by atoms with E-state index in [9.17, 15) is 0 Å². The molecule has 0 aliphatic rings. The van der Waals surface area contributed by atoms with Gasteiger partial charge in [-0.25, -0.2) is 9.97 Å². The third-order valence-corrected chi connectivity index (χ3v) is 23.8. The predicted octanol–water partition coefficient (Wildman–Crippen LogP) is 17.4. The minimum Gasteiger partial charge on any atom is -1.00 e. The molecule has 8 nitrogen and oxygen atoms in total. The zero-order chi connectivity index (χ0) is 63.0. The summed E-state index contributed by atoms with van der Waals surface area (Å²) in [6.07, 6.45) is 0. The van der Waals surface area contributed by atoms with Crippen LogP contribution in [0, 0.1) is 13.8 Å². The van der Waals surface area contributed by atoms with Crippen molar-refractivity contribution in [1.29, 1.82) is 0 Å². The van der Waals surface area contributed by atoms with Crippen molar-refractivity contribution in [2.24, 2.45) is 0 Å². The molecule has 0 N–H and O–H groups in total. The van der Waals surface area contributed by atoms with Gasteiger partial charge in [0.05, 0.1) is 0 Å². The van der Waals surface area contributed by atoms with Gasteiger partial charge in [-0.05, 0) is 13.8 Å². The summed E-state index contributed by atoms with van der Waals surface area (Å²) in [6.45, 7) is 58.0. The van der Waals surface area contributed by atoms with Crippen LogP contribution in [0.3, 0.4) is 0 Å². The molecular formula is C72H102I2N4O4P4Rh2-2. The normalized spacial score (nSPS) is 12.2. The summed E-state index contributed by atoms with van der Waals surface area (Å²) < 4.78 is 27.7. The summed E-state index contributed by atoms with van der Waals surface area (Å²) in [6, 6.07) is 49.3. The van der Waals surface area contributed by atoms with Gasteiger partial charge in [-0.15, -0.1) is 0 Å². The third kappa shape index (κ3) is 25.0. The summed E-state index contributed by atoms with van der Waals surface area (Å²) in [5, 5.41) is -0.399. The summed E-state index contributed by atoms with van der Waals surface area (Å²) in [4.78, 5) is 20.9. The molecule has 2 aromatic heterocycles. The minimum absolute atomic E-state index is 0. The topological polar surface area (TPSA) is 88.5 Å². The smallest absolute Gasteiger partial charge is 0.246 e. The standard InChI is InChI=1S/2C32H46N2O2P2.C8H10.2HI.2Rh/c2*1-29(2,3)37(30(4,5)6)35-27-25(23-19-15-13-16-20-23)33-26(24-21-17-14-18-22-24)28(34-27)36-38(31(7,8)9)32(10,11)12;1-7-3-5-8(2)6-4-7;;;;/h2*13-22H,1-12H3;3-6H,1-2H3;2*1H;;/p-2. The molecule has 488 valence electrons. The fourth-order valence-electron chi connectivity index (χ4n) is 10.3. The van der Waals surface area contributed by atoms with Crippen LogP contribution in [-0.4, -0.2) is 61.2 Å². The van der Waals surface area contributed by atoms with Crippen LogP contribution in [0.15, 0.2) is 146 Å². The molecule has 7 aromatic rings. The largest absolute Gasteiger partial charge is 1.00 e. The minimum atomic E-state index is -0.920. The van der Waals surface area contributed by atoms with Gasteiger partial charge in [-0.1, -0.05) is 323 Å². The number of hydrogen-bond donors (Lipinski definition) is 0. The summed E-state index contributed by atoms with van der Waals surface area (Å²) in [5.41, 5.74) is 9.54. The van der Waals surface area contributed by atoms with Gasteiger partial charge in [-0.2, -0.15) is 9.97 Å². The van der Waals surface area contributed by atoms with Gasteiger partial charge in [-0.3, -0.25) is 0 Å². The molecule has 0 saturated heterocycles. The van der Waals surface area contributed by atoms with Crippen LogP contribution in [0.25, 0.3) is 45.0 Å². The van der Waals surface area contributed by atoms with Crippen molar-refractivity contribution < 1.29 is 105 Å². The molecule has 0 aliphatic carbocycles. The van der Waals surface area contributed by atoms with Gasteiger partial charge < -0.3 is 66.0 Å². The zero-order valence-electron chi connectivity index (χ0n) is 57.5. The van der Waals surface area contributed by atoms with Gasteiger partial charge in [0.15, 0.2) is 0 Å². The van der Waals surface area contributed by atoms with Crippen LogP contribution in [0.5, 0.6) is 23.5 Å². The molecule has 0 bridgehead atoms. The number of hydrogen-bond acceptors (Lipinski definition) is 8. The fraction of sp³-hybridized carbons (Fsp3) is 0.472. The zero-order valence-corrected chi connectivity index (χ0v) is 68.7. The van der Waals surface area contributed by atoms with Gasteiger partial charge in [0.2, 0.25) is 23.5 Å². The first-order chi connectivity index (χ1) is 38.6. The Morgan fingerprint density at radius 1 is 0.239 bits per heavy atom. The van der Waals surface area contributed by atoms with E-state index in [1.165, 1.54) is 11.1 Å². The van der Waals surface area contributed by atoms with Crippen LogP contribution < -0.4 is 66.0 Å². The first-order valence-corrected chi connectivity index (χ1v) is 34.6. The number of aryl methyl sites for hydroxylation is 2. The molecule has 2 radical (unpaired) electrons. The SMILES string of the molecule is CC(C)(C)P(Oc1nc(OP(C(C)(C)C)C(C)(C)C)c(-c2ccccc2)nc1-c1ccccc1)C(C)(C)C.CC(C)(C)P(Oc1nc(OP(C(C)(C)C)C(C)(C)C)c(-c2ccccc2)nc1-c1ccccc1)C(C)(C)C.Cc1ccc(C)cc1.[I-].[I-].[Rh].[Rh]. The molecule has 0 saturated carbocycles. The summed E-state index contributed by atoms with van der Waals surface area (Å²) in [7, 11) is -3.68. The second kappa shape index (κ2) is 34.3. The Hall–Kier alpha value is -2.11. The van der Waals surface area contributed by atoms with Gasteiger partial charge >= 0.3 is 0 Å². The van der Waals surface area contributed by atoms with E-state index in [2.05, 4.69) is 253 Å². The molecule has 16 heteroatoms. The van der Waals surface area contributed by atoms with Crippen molar-refractivity contribution in [2.45, 2.75) is 221 Å². The Bertz CT molecular complexity index is 2730. The van der Waals surface area contributed by atoms with E-state index in [-0.39, 0.29) is 128 Å². The van der Waals surface area contributed by atoms with E-state index < -0.39 is 32.6 Å². The van der Waals surface area contributed by atoms with Crippen molar-refractivity contribution >= 4 is 32.6 Å². The molecule has 2 heterocycles. The van der Waals surface area contributed by atoms with E-state index in [4.69, 9.17) is 38.0 Å². The maximum Gasteiger partial charge on any atom is 0.246 e. The van der Waals surface area contributed by atoms with E-state index in [0.29, 0.717) is 23.5 Å². The molecule has 0 spiro atoms. The van der Waals surface area contributed by atoms with Crippen LogP contribution in [0.2, 0.25) is 0 Å². The quantitative estimate of drug-likeness (QED) is 0.0679. The second-order valence-electron chi connectivity index (χ2n) is 29.6. The fourth-order valence-corrected chi connectivity index (χ4v) is 21.7. The molecule has 0 amide bonds. The molecule has 0 aliphatic heterocycles. The Morgan fingerprint density at radius 2 is 0.386 bits per heavy atom. The number of halogens is 2. The van der Waals surface area contributed by atoms with Gasteiger partial charge in [0, 0.05) is 102 Å². The first-order valence-electron chi connectivity index (χ1n) is 29.6. The molecule has 88 heavy (non-hydrogen) atoms. The molecule has 7 rings (SSSR count). The Labute approximate surface area is 598 Å². The van der Waals surface area contributed by atoms with E-state index in [1.54, 1.807) is 0 Å². The molecule has 0 atom stereocenters. The monoisotopic (exact) mass is 1670 g/mol. The van der Waals surface area contributed by atoms with Gasteiger partial charge in [0.25, 0.3) is 0 Å². The molecule has 0 unspecified atom stereocenters. The van der Waals surface area contributed by atoms with Crippen molar-refractivity contribution in [3.63, 3.8) is 0 Å². The van der Waals surface area contributed by atoms with E-state index >= 15 is 0 Å². The average Bonchev–Trinajstić information content (AvgIpc) is 2.84. The average molecular weight is 1670 g/mol. The van der Waals surface area contributed by atoms with Crippen LogP contribution in [0.4, 0.5) is 0 Å². The Morgan fingerprint density at radius 3 is 0.523 bits per heavy atom. The van der Waals surface area contributed by atoms with Crippen molar-refractivity contribution in [2.75, 3.05) is 0 Å². The Kier molecular flexibility index (Phi) is 32.7.